The van der Waals surface area contributed by atoms with E-state index >= 15 is 0 Å². The van der Waals surface area contributed by atoms with Crippen LogP contribution in [-0.4, -0.2) is 96.7 Å². The first-order valence-corrected chi connectivity index (χ1v) is 13.2. The van der Waals surface area contributed by atoms with Gasteiger partial charge in [-0.15, -0.1) is 0 Å². The number of amides is 2. The minimum Gasteiger partial charge on any atom is -0.481 e. The van der Waals surface area contributed by atoms with Crippen molar-refractivity contribution in [3.63, 3.8) is 0 Å². The number of nitrogens with one attached hydrogen (secondary N) is 2. The number of benzene rings is 1. The third-order valence-corrected chi connectivity index (χ3v) is 7.00. The van der Waals surface area contributed by atoms with Crippen LogP contribution in [0.2, 0.25) is 0 Å². The Bertz CT molecular complexity index is 1190. The van der Waals surface area contributed by atoms with Crippen LogP contribution in [-0.2, 0) is 33.1 Å². The van der Waals surface area contributed by atoms with Crippen LogP contribution in [0.4, 0.5) is 4.39 Å². The lowest BCUT2D eigenvalue weighted by Gasteiger charge is -2.23. The molecule has 7 N–H and O–H groups in total. The van der Waals surface area contributed by atoms with Crippen LogP contribution in [0.5, 0.6) is 0 Å². The summed E-state index contributed by atoms with van der Waals surface area (Å²) in [6.45, 7) is -0.519. The van der Waals surface area contributed by atoms with Gasteiger partial charge in [0.1, 0.15) is 23.9 Å². The maximum Gasteiger partial charge on any atom is 0.404 e. The molecule has 5 atom stereocenters. The number of carboxylic acids is 4. The van der Waals surface area contributed by atoms with Crippen LogP contribution in [0.1, 0.15) is 42.5 Å². The molecular formula is C22H27FN3O13P. The standard InChI is InChI=1S/C22H27FN3O13P/c23-12-3-1-11(2-4-12)19(30)24-14(20(31)32)5-7-17(27)26-10-13(9-16(26)22(35)36)39-40(37,38)25-15(21(33)34)6-8-18(28)29/h1-4,13-16H,5-10H2,(H,24,30)(H,28,29)(H,31,32)(H,33,34)(H,35,36)(H2,25,37,38)/t13-,14+,15+,16+/m1/s1. The van der Waals surface area contributed by atoms with E-state index in [1.165, 1.54) is 0 Å². The molecule has 0 spiro atoms. The SMILES string of the molecule is O=C(O)CC[C@H](NP(=O)(O)O[C@@H]1C[C@@H](C(=O)O)N(C(=O)CC[C@H](NC(=O)c2ccc(F)cc2)C(=O)O)C1)C(=O)O. The second-order valence-electron chi connectivity index (χ2n) is 8.75. The number of aliphatic carboxylic acids is 4. The van der Waals surface area contributed by atoms with Crippen molar-refractivity contribution in [1.82, 2.24) is 15.3 Å². The molecule has 0 radical (unpaired) electrons. The van der Waals surface area contributed by atoms with E-state index in [1.807, 2.05) is 0 Å². The minimum absolute atomic E-state index is 0.0420. The van der Waals surface area contributed by atoms with E-state index in [1.54, 1.807) is 5.09 Å². The van der Waals surface area contributed by atoms with Crippen molar-refractivity contribution in [2.75, 3.05) is 6.54 Å². The van der Waals surface area contributed by atoms with E-state index in [4.69, 9.17) is 14.7 Å². The zero-order chi connectivity index (χ0) is 30.2. The number of hydrogen-bond donors (Lipinski definition) is 7. The van der Waals surface area contributed by atoms with E-state index in [9.17, 15) is 52.8 Å². The second-order valence-corrected chi connectivity index (χ2v) is 10.3. The van der Waals surface area contributed by atoms with Gasteiger partial charge in [-0.1, -0.05) is 0 Å². The summed E-state index contributed by atoms with van der Waals surface area (Å²) in [5.74, 6) is -8.32. The Labute approximate surface area is 225 Å². The van der Waals surface area contributed by atoms with Crippen LogP contribution < -0.4 is 10.4 Å². The molecule has 1 fully saturated rings. The summed E-state index contributed by atoms with van der Waals surface area (Å²) in [6.07, 6.45) is -4.03. The Morgan fingerprint density at radius 3 is 2.08 bits per heavy atom. The molecule has 0 saturated carbocycles. The van der Waals surface area contributed by atoms with Crippen LogP contribution >= 0.6 is 7.75 Å². The van der Waals surface area contributed by atoms with E-state index in [2.05, 4.69) is 5.32 Å². The van der Waals surface area contributed by atoms with Crippen LogP contribution in [0.25, 0.3) is 0 Å². The lowest BCUT2D eigenvalue weighted by molar-refractivity contribution is -0.148. The lowest BCUT2D eigenvalue weighted by Crippen LogP contribution is -2.44. The van der Waals surface area contributed by atoms with Crippen LogP contribution in [0, 0.1) is 5.82 Å². The molecule has 1 unspecified atom stereocenters. The third kappa shape index (κ3) is 9.68. The first-order valence-electron chi connectivity index (χ1n) is 11.6. The second kappa shape index (κ2) is 13.9. The summed E-state index contributed by atoms with van der Waals surface area (Å²) in [5.41, 5.74) is -0.0420. The highest BCUT2D eigenvalue weighted by molar-refractivity contribution is 7.50. The fraction of sp³-hybridized carbons (Fsp3) is 0.455. The van der Waals surface area contributed by atoms with Gasteiger partial charge >= 0.3 is 31.6 Å². The molecule has 1 aliphatic heterocycles. The summed E-state index contributed by atoms with van der Waals surface area (Å²) in [7, 11) is -4.92. The number of carboxylic acid groups (broad SMARTS) is 4. The van der Waals surface area contributed by atoms with Crippen LogP contribution in [0.3, 0.4) is 0 Å². The molecule has 2 rings (SSSR count). The molecular weight excluding hydrogens is 564 g/mol. The van der Waals surface area contributed by atoms with Crippen molar-refractivity contribution in [1.29, 1.82) is 0 Å². The molecule has 1 saturated heterocycles. The average Bonchev–Trinajstić information content (AvgIpc) is 3.27. The van der Waals surface area contributed by atoms with Gasteiger partial charge in [0.05, 0.1) is 6.10 Å². The molecule has 220 valence electrons. The summed E-state index contributed by atoms with van der Waals surface area (Å²) in [4.78, 5) is 81.2. The van der Waals surface area contributed by atoms with Crippen molar-refractivity contribution in [3.8, 4) is 0 Å². The van der Waals surface area contributed by atoms with E-state index in [0.717, 1.165) is 29.2 Å². The van der Waals surface area contributed by atoms with Gasteiger partial charge in [-0.3, -0.25) is 23.7 Å². The lowest BCUT2D eigenvalue weighted by atomic mass is 10.1. The quantitative estimate of drug-likeness (QED) is 0.131. The normalized spacial score (nSPS) is 19.7. The Balaban J connectivity index is 2.03. The summed E-state index contributed by atoms with van der Waals surface area (Å²) >= 11 is 0. The smallest absolute Gasteiger partial charge is 0.404 e. The molecule has 1 heterocycles. The molecule has 2 amide bonds. The largest absolute Gasteiger partial charge is 0.481 e. The molecule has 40 heavy (non-hydrogen) atoms. The summed E-state index contributed by atoms with van der Waals surface area (Å²) in [6, 6.07) is -0.654. The molecule has 1 aliphatic rings. The van der Waals surface area contributed by atoms with Crippen LogP contribution in [0.15, 0.2) is 24.3 Å². The number of rotatable bonds is 15. The summed E-state index contributed by atoms with van der Waals surface area (Å²) < 4.78 is 30.5. The Hall–Kier alpha value is -3.92. The molecule has 18 heteroatoms. The molecule has 0 aromatic heterocycles. The van der Waals surface area contributed by atoms with Crippen molar-refractivity contribution in [2.24, 2.45) is 0 Å². The van der Waals surface area contributed by atoms with Crippen molar-refractivity contribution in [2.45, 2.75) is 56.3 Å². The Morgan fingerprint density at radius 2 is 1.55 bits per heavy atom. The van der Waals surface area contributed by atoms with E-state index < -0.39 is 112 Å². The van der Waals surface area contributed by atoms with E-state index in [0.29, 0.717) is 0 Å². The highest BCUT2D eigenvalue weighted by Crippen LogP contribution is 2.42. The predicted octanol–water partition coefficient (Wildman–Crippen LogP) is -0.132. The fourth-order valence-electron chi connectivity index (χ4n) is 3.84. The number of carbonyl (C=O) groups is 6. The van der Waals surface area contributed by atoms with E-state index in [-0.39, 0.29) is 5.56 Å². The average molecular weight is 591 g/mol. The molecule has 1 aromatic carbocycles. The molecule has 0 aliphatic carbocycles. The zero-order valence-corrected chi connectivity index (χ0v) is 21.5. The van der Waals surface area contributed by atoms with Crippen molar-refractivity contribution in [3.05, 3.63) is 35.6 Å². The van der Waals surface area contributed by atoms with Gasteiger partial charge in [0.2, 0.25) is 5.91 Å². The number of likely N-dealkylation sites (tertiary alicyclic amines) is 1. The van der Waals surface area contributed by atoms with Gasteiger partial charge in [-0.25, -0.2) is 23.6 Å². The highest BCUT2D eigenvalue weighted by Gasteiger charge is 2.43. The fourth-order valence-corrected chi connectivity index (χ4v) is 5.09. The molecule has 16 nitrogen and oxygen atoms in total. The minimum atomic E-state index is -4.92. The molecule has 1 aromatic rings. The van der Waals surface area contributed by atoms with Gasteiger partial charge in [0.15, 0.2) is 0 Å². The first kappa shape index (κ1) is 32.3. The maximum absolute atomic E-state index is 13.1. The van der Waals surface area contributed by atoms with Crippen molar-refractivity contribution >= 4 is 43.4 Å². The number of nitrogens with zero attached hydrogens (tertiary/aromatic N) is 1. The number of hydrogen-bond acceptors (Lipinski definition) is 8. The van der Waals surface area contributed by atoms with Gasteiger partial charge in [0.25, 0.3) is 5.91 Å². The van der Waals surface area contributed by atoms with Gasteiger partial charge in [-0.05, 0) is 37.1 Å². The van der Waals surface area contributed by atoms with Gasteiger partial charge in [0, 0.05) is 31.4 Å². The van der Waals surface area contributed by atoms with Gasteiger partial charge in [-0.2, -0.15) is 0 Å². The monoisotopic (exact) mass is 591 g/mol. The number of carbonyl (C=O) groups excluding carboxylic acids is 2. The predicted molar refractivity (Wildman–Crippen MR) is 128 cm³/mol. The third-order valence-electron chi connectivity index (χ3n) is 5.78. The number of halogens is 1. The molecule has 0 bridgehead atoms. The van der Waals surface area contributed by atoms with Gasteiger partial charge < -0.3 is 35.5 Å². The Kier molecular flexibility index (Phi) is 11.2. The van der Waals surface area contributed by atoms with Crippen molar-refractivity contribution < 1.29 is 67.6 Å². The maximum atomic E-state index is 13.1. The topological polar surface area (TPSA) is 257 Å². The first-order chi connectivity index (χ1) is 18.6. The Morgan fingerprint density at radius 1 is 0.975 bits per heavy atom. The summed E-state index contributed by atoms with van der Waals surface area (Å²) in [5, 5.41) is 40.8. The zero-order valence-electron chi connectivity index (χ0n) is 20.6. The highest BCUT2D eigenvalue weighted by atomic mass is 31.2.